The first-order valence-corrected chi connectivity index (χ1v) is 10.1. The lowest BCUT2D eigenvalue weighted by Gasteiger charge is -2.29. The Hall–Kier alpha value is -1.99. The Morgan fingerprint density at radius 3 is 2.52 bits per heavy atom. The summed E-state index contributed by atoms with van der Waals surface area (Å²) in [7, 11) is -3.76. The molecule has 1 fully saturated rings. The van der Waals surface area contributed by atoms with Crippen LogP contribution in [0.4, 0.5) is 5.82 Å². The fourth-order valence-corrected chi connectivity index (χ4v) is 4.16. The Labute approximate surface area is 148 Å². The lowest BCUT2D eigenvalue weighted by Crippen LogP contribution is -2.30. The van der Waals surface area contributed by atoms with Gasteiger partial charge < -0.3 is 5.32 Å². The van der Waals surface area contributed by atoms with Crippen LogP contribution in [0.5, 0.6) is 0 Å². The van der Waals surface area contributed by atoms with E-state index in [1.807, 2.05) is 18.2 Å². The third kappa shape index (κ3) is 4.16. The highest BCUT2D eigenvalue weighted by Crippen LogP contribution is 2.27. The molecule has 3 N–H and O–H groups in total. The molecule has 1 heterocycles. The van der Waals surface area contributed by atoms with E-state index in [9.17, 15) is 8.42 Å². The summed E-state index contributed by atoms with van der Waals surface area (Å²) in [5.74, 6) is 1.38. The van der Waals surface area contributed by atoms with Gasteiger partial charge in [-0.1, -0.05) is 31.9 Å². The largest absolute Gasteiger partial charge is 0.366 e. The Morgan fingerprint density at radius 2 is 1.88 bits per heavy atom. The van der Waals surface area contributed by atoms with Crippen molar-refractivity contribution in [2.24, 2.45) is 11.1 Å². The maximum Gasteiger partial charge on any atom is 0.238 e. The zero-order valence-electron chi connectivity index (χ0n) is 14.6. The molecule has 1 aliphatic rings. The number of nitrogens with two attached hydrogens (primary N) is 1. The molecule has 0 amide bonds. The average Bonchev–Trinajstić information content (AvgIpc) is 2.57. The second-order valence-corrected chi connectivity index (χ2v) is 8.37. The highest BCUT2D eigenvalue weighted by atomic mass is 32.2. The van der Waals surface area contributed by atoms with Gasteiger partial charge in [0, 0.05) is 11.6 Å². The number of benzene rings is 1. The van der Waals surface area contributed by atoms with E-state index in [2.05, 4.69) is 22.4 Å². The molecule has 0 unspecified atom stereocenters. The number of nitrogens with zero attached hydrogens (tertiary/aromatic N) is 2. The molecule has 1 aromatic carbocycles. The highest BCUT2D eigenvalue weighted by molar-refractivity contribution is 7.89. The van der Waals surface area contributed by atoms with Crippen LogP contribution in [-0.2, 0) is 10.0 Å². The van der Waals surface area contributed by atoms with Gasteiger partial charge in [-0.05, 0) is 49.4 Å². The first kappa shape index (κ1) is 17.8. The molecule has 2 atom stereocenters. The molecule has 1 aliphatic carbocycles. The average molecular weight is 360 g/mol. The number of nitrogens with one attached hydrogen (secondary N) is 1. The third-order valence-corrected chi connectivity index (χ3v) is 5.95. The summed E-state index contributed by atoms with van der Waals surface area (Å²) in [6.45, 7) is 3.98. The van der Waals surface area contributed by atoms with E-state index < -0.39 is 10.0 Å². The highest BCUT2D eigenvalue weighted by Gasteiger charge is 2.21. The summed E-state index contributed by atoms with van der Waals surface area (Å²) in [5.41, 5.74) is 1.91. The number of sulfonamides is 1. The van der Waals surface area contributed by atoms with E-state index in [1.165, 1.54) is 19.3 Å². The fraction of sp³-hybridized carbons (Fsp3) is 0.444. The van der Waals surface area contributed by atoms with Gasteiger partial charge in [-0.15, -0.1) is 10.2 Å². The fourth-order valence-electron chi connectivity index (χ4n) is 3.35. The molecule has 0 bridgehead atoms. The van der Waals surface area contributed by atoms with E-state index >= 15 is 0 Å². The van der Waals surface area contributed by atoms with Gasteiger partial charge in [-0.2, -0.15) is 0 Å². The molecule has 6 nitrogen and oxygen atoms in total. The van der Waals surface area contributed by atoms with Crippen molar-refractivity contribution in [3.05, 3.63) is 35.9 Å². The van der Waals surface area contributed by atoms with Crippen LogP contribution in [-0.4, -0.2) is 24.7 Å². The second kappa shape index (κ2) is 7.09. The number of hydrogen-bond acceptors (Lipinski definition) is 5. The summed E-state index contributed by atoms with van der Waals surface area (Å²) in [6, 6.07) is 9.27. The summed E-state index contributed by atoms with van der Waals surface area (Å²) >= 11 is 0. The van der Waals surface area contributed by atoms with Gasteiger partial charge in [0.1, 0.15) is 5.82 Å². The van der Waals surface area contributed by atoms with Crippen LogP contribution in [0, 0.1) is 12.8 Å². The zero-order chi connectivity index (χ0) is 18.0. The third-order valence-electron chi connectivity index (χ3n) is 4.90. The zero-order valence-corrected chi connectivity index (χ0v) is 15.4. The van der Waals surface area contributed by atoms with Crippen molar-refractivity contribution >= 4 is 15.8 Å². The molecular formula is C18H24N4O2S. The monoisotopic (exact) mass is 360 g/mol. The molecule has 3 rings (SSSR count). The van der Waals surface area contributed by atoms with Crippen molar-refractivity contribution in [2.45, 2.75) is 50.5 Å². The van der Waals surface area contributed by atoms with E-state index in [1.54, 1.807) is 19.1 Å². The van der Waals surface area contributed by atoms with Gasteiger partial charge in [0.15, 0.2) is 0 Å². The number of aryl methyl sites for hydroxylation is 1. The number of aromatic nitrogens is 2. The van der Waals surface area contributed by atoms with Crippen LogP contribution < -0.4 is 10.5 Å². The number of anilines is 1. The predicted octanol–water partition coefficient (Wildman–Crippen LogP) is 3.09. The van der Waals surface area contributed by atoms with Gasteiger partial charge in [0.05, 0.1) is 10.6 Å². The summed E-state index contributed by atoms with van der Waals surface area (Å²) in [6.07, 6.45) is 4.93. The molecule has 0 radical (unpaired) electrons. The van der Waals surface area contributed by atoms with Crippen molar-refractivity contribution in [3.63, 3.8) is 0 Å². The van der Waals surface area contributed by atoms with Crippen LogP contribution >= 0.6 is 0 Å². The van der Waals surface area contributed by atoms with Crippen molar-refractivity contribution in [1.82, 2.24) is 10.2 Å². The molecule has 134 valence electrons. The van der Waals surface area contributed by atoms with Gasteiger partial charge in [-0.3, -0.25) is 0 Å². The Bertz CT molecular complexity index is 850. The minimum absolute atomic E-state index is 0.116. The maximum atomic E-state index is 11.7. The Morgan fingerprint density at radius 1 is 1.12 bits per heavy atom. The molecule has 25 heavy (non-hydrogen) atoms. The van der Waals surface area contributed by atoms with E-state index in [0.29, 0.717) is 28.8 Å². The predicted molar refractivity (Wildman–Crippen MR) is 98.6 cm³/mol. The maximum absolute atomic E-state index is 11.7. The quantitative estimate of drug-likeness (QED) is 0.873. The number of rotatable bonds is 4. The summed E-state index contributed by atoms with van der Waals surface area (Å²) in [4.78, 5) is 0.116. The molecular weight excluding hydrogens is 336 g/mol. The first-order valence-electron chi connectivity index (χ1n) is 8.58. The van der Waals surface area contributed by atoms with Crippen LogP contribution in [0.1, 0.15) is 38.2 Å². The van der Waals surface area contributed by atoms with Crippen LogP contribution in [0.3, 0.4) is 0 Å². The second-order valence-electron chi connectivity index (χ2n) is 6.84. The molecule has 1 aromatic heterocycles. The van der Waals surface area contributed by atoms with Crippen molar-refractivity contribution in [1.29, 1.82) is 0 Å². The van der Waals surface area contributed by atoms with Gasteiger partial charge >= 0.3 is 0 Å². The Balaban J connectivity index is 1.81. The normalized spacial score (nSPS) is 21.1. The van der Waals surface area contributed by atoms with Gasteiger partial charge in [0.25, 0.3) is 0 Å². The van der Waals surface area contributed by atoms with E-state index in [-0.39, 0.29) is 4.90 Å². The standard InChI is InChI=1S/C18H24N4O2S/c1-12-5-3-4-6-15(12)20-18-10-9-16(21-22-18)14-8-7-13(2)17(11-14)25(19,23)24/h7-12,15H,3-6H2,1-2H3,(H,20,22)(H2,19,23,24)/t12-,15-/m0/s1. The molecule has 0 aliphatic heterocycles. The van der Waals surface area contributed by atoms with Gasteiger partial charge in [0.2, 0.25) is 10.0 Å². The molecule has 0 saturated heterocycles. The van der Waals surface area contributed by atoms with E-state index in [0.717, 1.165) is 12.2 Å². The summed E-state index contributed by atoms with van der Waals surface area (Å²) in [5, 5.41) is 17.2. The smallest absolute Gasteiger partial charge is 0.238 e. The van der Waals surface area contributed by atoms with Crippen LogP contribution in [0.25, 0.3) is 11.3 Å². The van der Waals surface area contributed by atoms with Crippen molar-refractivity contribution in [2.75, 3.05) is 5.32 Å². The number of hydrogen-bond donors (Lipinski definition) is 2. The Kier molecular flexibility index (Phi) is 5.06. The molecule has 7 heteroatoms. The lowest BCUT2D eigenvalue weighted by atomic mass is 9.86. The van der Waals surface area contributed by atoms with Crippen LogP contribution in [0.2, 0.25) is 0 Å². The van der Waals surface area contributed by atoms with Crippen molar-refractivity contribution < 1.29 is 8.42 Å². The van der Waals surface area contributed by atoms with Gasteiger partial charge in [-0.25, -0.2) is 13.6 Å². The van der Waals surface area contributed by atoms with E-state index in [4.69, 9.17) is 5.14 Å². The van der Waals surface area contributed by atoms with Crippen LogP contribution in [0.15, 0.2) is 35.2 Å². The minimum atomic E-state index is -3.76. The number of primary sulfonamides is 1. The minimum Gasteiger partial charge on any atom is -0.366 e. The topological polar surface area (TPSA) is 98.0 Å². The molecule has 0 spiro atoms. The van der Waals surface area contributed by atoms with Crippen molar-refractivity contribution in [3.8, 4) is 11.3 Å². The first-order chi connectivity index (χ1) is 11.8. The molecule has 1 saturated carbocycles. The lowest BCUT2D eigenvalue weighted by molar-refractivity contribution is 0.349. The molecule has 2 aromatic rings. The SMILES string of the molecule is Cc1ccc(-c2ccc(N[C@H]3CCCC[C@@H]3C)nn2)cc1S(N)(=O)=O. The summed E-state index contributed by atoms with van der Waals surface area (Å²) < 4.78 is 23.4.